The Kier molecular flexibility index (Phi) is 7.50. The number of methoxy groups -OCH3 is 1. The summed E-state index contributed by atoms with van der Waals surface area (Å²) >= 11 is 0. The van der Waals surface area contributed by atoms with Gasteiger partial charge in [-0.2, -0.15) is 0 Å². The van der Waals surface area contributed by atoms with Gasteiger partial charge in [0, 0.05) is 33.2 Å². The first-order chi connectivity index (χ1) is 9.92. The minimum absolute atomic E-state index is 0.0190. The highest BCUT2D eigenvalue weighted by Crippen LogP contribution is 2.16. The van der Waals surface area contributed by atoms with E-state index in [9.17, 15) is 9.59 Å². The molecule has 6 heteroatoms. The summed E-state index contributed by atoms with van der Waals surface area (Å²) in [7, 11) is 1.66. The van der Waals surface area contributed by atoms with Gasteiger partial charge in [0.05, 0.1) is 6.10 Å². The van der Waals surface area contributed by atoms with Crippen LogP contribution in [0.2, 0.25) is 0 Å². The molecule has 0 aliphatic carbocycles. The largest absolute Gasteiger partial charge is 0.481 e. The molecule has 1 rings (SSSR count). The van der Waals surface area contributed by atoms with Crippen molar-refractivity contribution < 1.29 is 19.4 Å². The molecule has 2 amide bonds. The third-order valence-corrected chi connectivity index (χ3v) is 3.81. The van der Waals surface area contributed by atoms with Crippen molar-refractivity contribution >= 4 is 12.0 Å². The van der Waals surface area contributed by atoms with E-state index in [0.717, 1.165) is 25.8 Å². The van der Waals surface area contributed by atoms with Crippen molar-refractivity contribution in [2.45, 2.75) is 45.6 Å². The number of rotatable bonds is 7. The number of piperidine rings is 1. The van der Waals surface area contributed by atoms with Crippen LogP contribution in [0.25, 0.3) is 0 Å². The standard InChI is InChI=1S/C15H28N2O4/c1-11(2)7-12(8-14(18)19)9-16-15(20)17-6-4-5-13(10-17)21-3/h11-13H,4-10H2,1-3H3,(H,16,20)(H,18,19)/t12-,13?/m0/s1. The number of carboxylic acid groups (broad SMARTS) is 1. The van der Waals surface area contributed by atoms with Gasteiger partial charge in [-0.3, -0.25) is 4.79 Å². The number of urea groups is 1. The van der Waals surface area contributed by atoms with Crippen LogP contribution in [0.1, 0.15) is 39.5 Å². The average molecular weight is 300 g/mol. The zero-order chi connectivity index (χ0) is 15.8. The number of likely N-dealkylation sites (tertiary alicyclic amines) is 1. The summed E-state index contributed by atoms with van der Waals surface area (Å²) in [6, 6.07) is -0.115. The van der Waals surface area contributed by atoms with E-state index < -0.39 is 5.97 Å². The Bertz CT molecular complexity index is 347. The molecule has 0 radical (unpaired) electrons. The van der Waals surface area contributed by atoms with Gasteiger partial charge in [0.25, 0.3) is 0 Å². The predicted octanol–water partition coefficient (Wildman–Crippen LogP) is 1.94. The molecule has 0 aromatic heterocycles. The first-order valence-corrected chi connectivity index (χ1v) is 7.69. The third-order valence-electron chi connectivity index (χ3n) is 3.81. The maximum absolute atomic E-state index is 12.1. The first kappa shape index (κ1) is 17.8. The fraction of sp³-hybridized carbons (Fsp3) is 0.867. The fourth-order valence-electron chi connectivity index (χ4n) is 2.81. The molecule has 21 heavy (non-hydrogen) atoms. The Labute approximate surface area is 126 Å². The molecule has 6 nitrogen and oxygen atoms in total. The van der Waals surface area contributed by atoms with E-state index in [1.54, 1.807) is 12.0 Å². The van der Waals surface area contributed by atoms with Gasteiger partial charge in [-0.25, -0.2) is 4.79 Å². The number of hydrogen-bond donors (Lipinski definition) is 2. The molecule has 0 saturated carbocycles. The maximum atomic E-state index is 12.1. The Balaban J connectivity index is 2.42. The van der Waals surface area contributed by atoms with Crippen LogP contribution < -0.4 is 5.32 Å². The third kappa shape index (κ3) is 6.80. The van der Waals surface area contributed by atoms with Crippen molar-refractivity contribution in [2.75, 3.05) is 26.7 Å². The van der Waals surface area contributed by atoms with Crippen molar-refractivity contribution in [2.24, 2.45) is 11.8 Å². The summed E-state index contributed by atoms with van der Waals surface area (Å²) in [6.07, 6.45) is 2.92. The van der Waals surface area contributed by atoms with Crippen LogP contribution in [0, 0.1) is 11.8 Å². The topological polar surface area (TPSA) is 78.9 Å². The van der Waals surface area contributed by atoms with Gasteiger partial charge in [0.15, 0.2) is 0 Å². The van der Waals surface area contributed by atoms with E-state index in [-0.39, 0.29) is 24.5 Å². The number of nitrogens with one attached hydrogen (secondary N) is 1. The molecule has 1 saturated heterocycles. The molecule has 1 heterocycles. The first-order valence-electron chi connectivity index (χ1n) is 7.69. The van der Waals surface area contributed by atoms with E-state index in [0.29, 0.717) is 19.0 Å². The second-order valence-corrected chi connectivity index (χ2v) is 6.23. The molecule has 0 aromatic rings. The van der Waals surface area contributed by atoms with Gasteiger partial charge in [-0.05, 0) is 31.1 Å². The lowest BCUT2D eigenvalue weighted by Crippen LogP contribution is -2.48. The molecule has 122 valence electrons. The smallest absolute Gasteiger partial charge is 0.317 e. The lowest BCUT2D eigenvalue weighted by atomic mass is 9.94. The highest BCUT2D eigenvalue weighted by atomic mass is 16.5. The normalized spacial score (nSPS) is 20.4. The predicted molar refractivity (Wildman–Crippen MR) is 80.2 cm³/mol. The van der Waals surface area contributed by atoms with Gasteiger partial charge >= 0.3 is 12.0 Å². The summed E-state index contributed by atoms with van der Waals surface area (Å²) in [5.41, 5.74) is 0. The van der Waals surface area contributed by atoms with Crippen molar-refractivity contribution in [3.63, 3.8) is 0 Å². The zero-order valence-electron chi connectivity index (χ0n) is 13.3. The lowest BCUT2D eigenvalue weighted by Gasteiger charge is -2.32. The molecule has 1 aliphatic rings. The number of amides is 2. The van der Waals surface area contributed by atoms with Crippen molar-refractivity contribution in [3.8, 4) is 0 Å². The molecule has 2 atom stereocenters. The number of carbonyl (C=O) groups is 2. The SMILES string of the molecule is COC1CCCN(C(=O)NC[C@H](CC(=O)O)CC(C)C)C1. The summed E-state index contributed by atoms with van der Waals surface area (Å²) < 4.78 is 5.30. The number of carboxylic acids is 1. The van der Waals surface area contributed by atoms with E-state index in [4.69, 9.17) is 9.84 Å². The highest BCUT2D eigenvalue weighted by Gasteiger charge is 2.24. The Morgan fingerprint density at radius 1 is 1.43 bits per heavy atom. The van der Waals surface area contributed by atoms with Crippen molar-refractivity contribution in [1.82, 2.24) is 10.2 Å². The van der Waals surface area contributed by atoms with Gasteiger partial charge in [0.2, 0.25) is 0 Å². The van der Waals surface area contributed by atoms with E-state index in [1.807, 2.05) is 0 Å². The number of aliphatic carboxylic acids is 1. The summed E-state index contributed by atoms with van der Waals surface area (Å²) in [5.74, 6) is -0.416. The molecule has 2 N–H and O–H groups in total. The Morgan fingerprint density at radius 2 is 2.14 bits per heavy atom. The van der Waals surface area contributed by atoms with Crippen LogP contribution >= 0.6 is 0 Å². The van der Waals surface area contributed by atoms with Crippen LogP contribution in [0.3, 0.4) is 0 Å². The van der Waals surface area contributed by atoms with Gasteiger partial charge in [0.1, 0.15) is 0 Å². The second kappa shape index (κ2) is 8.87. The van der Waals surface area contributed by atoms with Crippen LogP contribution in [0.4, 0.5) is 4.79 Å². The quantitative estimate of drug-likeness (QED) is 0.753. The van der Waals surface area contributed by atoms with Crippen molar-refractivity contribution in [1.29, 1.82) is 0 Å². The number of ether oxygens (including phenoxy) is 1. The van der Waals surface area contributed by atoms with Crippen LogP contribution in [-0.2, 0) is 9.53 Å². The minimum Gasteiger partial charge on any atom is -0.481 e. The monoisotopic (exact) mass is 300 g/mol. The number of hydrogen-bond acceptors (Lipinski definition) is 3. The number of carbonyl (C=O) groups excluding carboxylic acids is 1. The van der Waals surface area contributed by atoms with Gasteiger partial charge < -0.3 is 20.1 Å². The Hall–Kier alpha value is -1.30. The molecule has 0 aromatic carbocycles. The van der Waals surface area contributed by atoms with E-state index in [2.05, 4.69) is 19.2 Å². The summed E-state index contributed by atoms with van der Waals surface area (Å²) in [6.45, 7) is 5.88. The fourth-order valence-corrected chi connectivity index (χ4v) is 2.81. The van der Waals surface area contributed by atoms with Crippen LogP contribution in [0.15, 0.2) is 0 Å². The summed E-state index contributed by atoms with van der Waals surface area (Å²) in [5, 5.41) is 11.8. The molecule has 0 spiro atoms. The van der Waals surface area contributed by atoms with Crippen LogP contribution in [-0.4, -0.2) is 54.9 Å². The Morgan fingerprint density at radius 3 is 2.71 bits per heavy atom. The average Bonchev–Trinajstić information content (AvgIpc) is 2.43. The van der Waals surface area contributed by atoms with Crippen molar-refractivity contribution in [3.05, 3.63) is 0 Å². The van der Waals surface area contributed by atoms with Crippen LogP contribution in [0.5, 0.6) is 0 Å². The second-order valence-electron chi connectivity index (χ2n) is 6.23. The van der Waals surface area contributed by atoms with Gasteiger partial charge in [-0.1, -0.05) is 13.8 Å². The molecular weight excluding hydrogens is 272 g/mol. The molecule has 1 aliphatic heterocycles. The molecule has 0 bridgehead atoms. The highest BCUT2D eigenvalue weighted by molar-refractivity contribution is 5.74. The molecule has 1 fully saturated rings. The molecule has 1 unspecified atom stereocenters. The lowest BCUT2D eigenvalue weighted by molar-refractivity contribution is -0.138. The number of nitrogens with zero attached hydrogens (tertiary/aromatic N) is 1. The van der Waals surface area contributed by atoms with Gasteiger partial charge in [-0.15, -0.1) is 0 Å². The summed E-state index contributed by atoms with van der Waals surface area (Å²) in [4.78, 5) is 24.8. The molecular formula is C15H28N2O4. The van der Waals surface area contributed by atoms with E-state index >= 15 is 0 Å². The zero-order valence-corrected chi connectivity index (χ0v) is 13.3. The maximum Gasteiger partial charge on any atom is 0.317 e. The minimum atomic E-state index is -0.813. The van der Waals surface area contributed by atoms with E-state index in [1.165, 1.54) is 0 Å².